The number of benzene rings is 3. The van der Waals surface area contributed by atoms with E-state index in [1.54, 1.807) is 11.8 Å². The van der Waals surface area contributed by atoms with Gasteiger partial charge in [-0.3, -0.25) is 4.84 Å². The Morgan fingerprint density at radius 3 is 1.96 bits per heavy atom. The zero-order valence-corrected chi connectivity index (χ0v) is 16.2. The third-order valence-corrected chi connectivity index (χ3v) is 5.14. The van der Waals surface area contributed by atoms with E-state index in [1.165, 1.54) is 0 Å². The number of rotatable bonds is 8. The molecule has 0 saturated heterocycles. The van der Waals surface area contributed by atoms with Gasteiger partial charge in [0.05, 0.1) is 0 Å². The second-order valence-electron chi connectivity index (χ2n) is 6.31. The molecule has 1 N–H and O–H groups in total. The normalized spacial score (nSPS) is 15.9. The summed E-state index contributed by atoms with van der Waals surface area (Å²) in [5.74, 6) is 0.707. The summed E-state index contributed by atoms with van der Waals surface area (Å²) in [7, 11) is 0. The molecule has 0 aromatic heterocycles. The highest BCUT2D eigenvalue weighted by Crippen LogP contribution is 2.33. The molecule has 3 aromatic rings. The molecule has 28 heavy (non-hydrogen) atoms. The molecule has 1 aliphatic heterocycles. The molecule has 0 aliphatic carbocycles. The van der Waals surface area contributed by atoms with Crippen LogP contribution in [0.3, 0.4) is 0 Å². The van der Waals surface area contributed by atoms with E-state index < -0.39 is 0 Å². The van der Waals surface area contributed by atoms with Crippen molar-refractivity contribution in [1.29, 1.82) is 0 Å². The number of nitrogens with one attached hydrogen (secondary N) is 1. The predicted molar refractivity (Wildman–Crippen MR) is 114 cm³/mol. The molecule has 1 aliphatic rings. The molecule has 0 amide bonds. The van der Waals surface area contributed by atoms with Gasteiger partial charge in [-0.2, -0.15) is 5.06 Å². The summed E-state index contributed by atoms with van der Waals surface area (Å²) in [6.07, 6.45) is 0. The molecule has 142 valence electrons. The van der Waals surface area contributed by atoms with Crippen molar-refractivity contribution in [3.05, 3.63) is 113 Å². The minimum atomic E-state index is -0.100. The van der Waals surface area contributed by atoms with E-state index in [4.69, 9.17) is 9.57 Å². The highest BCUT2D eigenvalue weighted by atomic mass is 32.2. The van der Waals surface area contributed by atoms with Crippen LogP contribution < -0.4 is 5.32 Å². The van der Waals surface area contributed by atoms with E-state index in [0.29, 0.717) is 19.1 Å². The molecule has 1 atom stereocenters. The number of hydrogen-bond donors (Lipinski definition) is 1. The predicted octanol–water partition coefficient (Wildman–Crippen LogP) is 5.58. The SMILES string of the molecule is C1=C(OCc2ccccc2)N(OCc2ccccc2)C(Nc2ccccc2)S1. The molecular weight excluding hydrogens is 368 g/mol. The quantitative estimate of drug-likeness (QED) is 0.543. The van der Waals surface area contributed by atoms with Gasteiger partial charge in [0.1, 0.15) is 13.2 Å². The lowest BCUT2D eigenvalue weighted by Gasteiger charge is -2.28. The lowest BCUT2D eigenvalue weighted by molar-refractivity contribution is -0.177. The topological polar surface area (TPSA) is 33.7 Å². The van der Waals surface area contributed by atoms with Crippen molar-refractivity contribution in [2.24, 2.45) is 0 Å². The average molecular weight is 391 g/mol. The molecular formula is C23H22N2O2S. The Morgan fingerprint density at radius 2 is 1.32 bits per heavy atom. The highest BCUT2D eigenvalue weighted by Gasteiger charge is 2.29. The first-order valence-electron chi connectivity index (χ1n) is 9.18. The fourth-order valence-electron chi connectivity index (χ4n) is 2.79. The Morgan fingerprint density at radius 1 is 0.750 bits per heavy atom. The summed E-state index contributed by atoms with van der Waals surface area (Å²) in [4.78, 5) is 6.13. The Balaban J connectivity index is 1.44. The van der Waals surface area contributed by atoms with Crippen LogP contribution in [0.25, 0.3) is 0 Å². The van der Waals surface area contributed by atoms with Crippen LogP contribution in [0.15, 0.2) is 102 Å². The van der Waals surface area contributed by atoms with E-state index in [2.05, 4.69) is 29.6 Å². The van der Waals surface area contributed by atoms with Gasteiger partial charge in [-0.1, -0.05) is 90.6 Å². The van der Waals surface area contributed by atoms with Crippen LogP contribution in [0.5, 0.6) is 0 Å². The first-order chi connectivity index (χ1) is 13.9. The van der Waals surface area contributed by atoms with Gasteiger partial charge in [-0.15, -0.1) is 0 Å². The van der Waals surface area contributed by atoms with Gasteiger partial charge in [0.2, 0.25) is 5.88 Å². The molecule has 0 saturated carbocycles. The lowest BCUT2D eigenvalue weighted by atomic mass is 10.2. The van der Waals surface area contributed by atoms with Crippen LogP contribution in [0.2, 0.25) is 0 Å². The first kappa shape index (κ1) is 18.5. The highest BCUT2D eigenvalue weighted by molar-refractivity contribution is 8.03. The molecule has 0 fully saturated rings. The van der Waals surface area contributed by atoms with Gasteiger partial charge in [0.25, 0.3) is 0 Å². The maximum Gasteiger partial charge on any atom is 0.223 e. The fourth-order valence-corrected chi connectivity index (χ4v) is 3.69. The third kappa shape index (κ3) is 4.88. The fraction of sp³-hybridized carbons (Fsp3) is 0.130. The van der Waals surface area contributed by atoms with Crippen molar-refractivity contribution in [2.45, 2.75) is 18.7 Å². The van der Waals surface area contributed by atoms with E-state index in [1.807, 2.05) is 77.2 Å². The number of thioether (sulfide) groups is 1. The minimum Gasteiger partial charge on any atom is -0.472 e. The van der Waals surface area contributed by atoms with E-state index in [9.17, 15) is 0 Å². The summed E-state index contributed by atoms with van der Waals surface area (Å²) in [6.45, 7) is 0.969. The van der Waals surface area contributed by atoms with E-state index in [0.717, 1.165) is 16.8 Å². The van der Waals surface area contributed by atoms with Crippen molar-refractivity contribution < 1.29 is 9.57 Å². The summed E-state index contributed by atoms with van der Waals surface area (Å²) in [6, 6.07) is 30.4. The Bertz CT molecular complexity index is 888. The molecule has 0 spiro atoms. The molecule has 4 rings (SSSR count). The molecule has 0 bridgehead atoms. The maximum absolute atomic E-state index is 6.13. The van der Waals surface area contributed by atoms with Crippen molar-refractivity contribution in [2.75, 3.05) is 5.32 Å². The number of ether oxygens (including phenoxy) is 1. The van der Waals surface area contributed by atoms with Crippen LogP contribution in [0, 0.1) is 0 Å². The van der Waals surface area contributed by atoms with Crippen LogP contribution in [0.4, 0.5) is 5.69 Å². The first-order valence-corrected chi connectivity index (χ1v) is 10.1. The summed E-state index contributed by atoms with van der Waals surface area (Å²) < 4.78 is 6.06. The number of hydroxylamine groups is 2. The molecule has 1 unspecified atom stereocenters. The third-order valence-electron chi connectivity index (χ3n) is 4.23. The summed E-state index contributed by atoms with van der Waals surface area (Å²) in [5.41, 5.74) is 3.17. The number of hydrogen-bond acceptors (Lipinski definition) is 5. The number of anilines is 1. The molecule has 1 heterocycles. The van der Waals surface area contributed by atoms with Gasteiger partial charge in [0.15, 0.2) is 5.50 Å². The van der Waals surface area contributed by atoms with Crippen LogP contribution >= 0.6 is 11.8 Å². The zero-order valence-electron chi connectivity index (χ0n) is 15.4. The Labute approximate surface area is 169 Å². The average Bonchev–Trinajstić information content (AvgIpc) is 3.14. The number of nitrogens with zero attached hydrogens (tertiary/aromatic N) is 1. The molecule has 4 nitrogen and oxygen atoms in total. The van der Waals surface area contributed by atoms with Gasteiger partial charge >= 0.3 is 0 Å². The van der Waals surface area contributed by atoms with Crippen LogP contribution in [-0.2, 0) is 22.8 Å². The van der Waals surface area contributed by atoms with Crippen LogP contribution in [0.1, 0.15) is 11.1 Å². The molecule has 3 aromatic carbocycles. The van der Waals surface area contributed by atoms with Crippen molar-refractivity contribution in [3.8, 4) is 0 Å². The molecule has 5 heteroatoms. The van der Waals surface area contributed by atoms with Crippen molar-refractivity contribution >= 4 is 17.4 Å². The van der Waals surface area contributed by atoms with Crippen molar-refractivity contribution in [3.63, 3.8) is 0 Å². The second-order valence-corrected chi connectivity index (χ2v) is 7.27. The van der Waals surface area contributed by atoms with E-state index in [-0.39, 0.29) is 5.50 Å². The minimum absolute atomic E-state index is 0.100. The lowest BCUT2D eigenvalue weighted by Crippen LogP contribution is -2.35. The smallest absolute Gasteiger partial charge is 0.223 e. The van der Waals surface area contributed by atoms with Crippen LogP contribution in [-0.4, -0.2) is 10.6 Å². The summed E-state index contributed by atoms with van der Waals surface area (Å²) in [5, 5.41) is 7.29. The van der Waals surface area contributed by atoms with Gasteiger partial charge < -0.3 is 10.1 Å². The van der Waals surface area contributed by atoms with Gasteiger partial charge in [0, 0.05) is 11.1 Å². The standard InChI is InChI=1S/C23H22N2O2S/c1-4-10-19(11-5-1)16-26-22-18-28-23(24-21-14-8-3-9-15-21)25(22)27-17-20-12-6-2-7-13-20/h1-15,18,23-24H,16-17H2. The molecule has 0 radical (unpaired) electrons. The largest absolute Gasteiger partial charge is 0.472 e. The summed E-state index contributed by atoms with van der Waals surface area (Å²) >= 11 is 1.63. The zero-order chi connectivity index (χ0) is 19.0. The maximum atomic E-state index is 6.13. The van der Waals surface area contributed by atoms with Gasteiger partial charge in [-0.25, -0.2) is 0 Å². The van der Waals surface area contributed by atoms with Crippen molar-refractivity contribution in [1.82, 2.24) is 5.06 Å². The monoisotopic (exact) mass is 390 g/mol. The Kier molecular flexibility index (Phi) is 6.17. The van der Waals surface area contributed by atoms with E-state index >= 15 is 0 Å². The number of para-hydroxylation sites is 1. The second kappa shape index (κ2) is 9.35. The van der Waals surface area contributed by atoms with Gasteiger partial charge in [-0.05, 0) is 23.3 Å². The Hall–Kier alpha value is -2.89.